The van der Waals surface area contributed by atoms with Crippen LogP contribution in [0, 0.1) is 13.8 Å². The van der Waals surface area contributed by atoms with E-state index in [9.17, 15) is 4.79 Å². The lowest BCUT2D eigenvalue weighted by molar-refractivity contribution is -0.113. The van der Waals surface area contributed by atoms with E-state index >= 15 is 0 Å². The van der Waals surface area contributed by atoms with Crippen LogP contribution in [0.15, 0.2) is 80.1 Å². The van der Waals surface area contributed by atoms with Crippen LogP contribution >= 0.6 is 39.3 Å². The van der Waals surface area contributed by atoms with Crippen molar-refractivity contribution < 1.29 is 9.21 Å². The summed E-state index contributed by atoms with van der Waals surface area (Å²) < 4.78 is 8.18. The molecule has 1 atom stereocenters. The predicted octanol–water partition coefficient (Wildman–Crippen LogP) is 7.12. The zero-order valence-corrected chi connectivity index (χ0v) is 23.0. The smallest absolute Gasteiger partial charge is 0.256 e. The first kappa shape index (κ1) is 24.7. The molecule has 2 N–H and O–H groups in total. The van der Waals surface area contributed by atoms with Gasteiger partial charge in [-0.25, -0.2) is 4.68 Å². The first-order chi connectivity index (χ1) is 17.3. The Kier molecular flexibility index (Phi) is 6.96. The number of hydrogen-bond donors (Lipinski definition) is 2. The molecule has 5 rings (SSSR count). The maximum absolute atomic E-state index is 13.7. The number of nitrogens with one attached hydrogen (secondary N) is 2. The van der Waals surface area contributed by atoms with Gasteiger partial charge < -0.3 is 15.1 Å². The van der Waals surface area contributed by atoms with E-state index in [1.807, 2.05) is 69.3 Å². The van der Waals surface area contributed by atoms with Crippen molar-refractivity contribution in [2.45, 2.75) is 37.7 Å². The van der Waals surface area contributed by atoms with Gasteiger partial charge in [-0.1, -0.05) is 53.7 Å². The van der Waals surface area contributed by atoms with Crippen LogP contribution in [-0.2, 0) is 10.5 Å². The number of fused-ring (bicyclic) bond motifs is 1. The van der Waals surface area contributed by atoms with Crippen molar-refractivity contribution in [3.8, 4) is 0 Å². The highest BCUT2D eigenvalue weighted by atomic mass is 79.9. The van der Waals surface area contributed by atoms with E-state index < -0.39 is 6.04 Å². The first-order valence-corrected chi connectivity index (χ1v) is 13.4. The van der Waals surface area contributed by atoms with Gasteiger partial charge in [0.05, 0.1) is 5.57 Å². The van der Waals surface area contributed by atoms with E-state index in [0.717, 1.165) is 22.4 Å². The van der Waals surface area contributed by atoms with Crippen LogP contribution in [0.3, 0.4) is 0 Å². The molecule has 184 valence electrons. The Bertz CT molecular complexity index is 1500. The largest absolute Gasteiger partial charge is 0.452 e. The third kappa shape index (κ3) is 4.83. The molecule has 0 spiro atoms. The Hall–Kier alpha value is -3.01. The number of nitrogens with zero attached hydrogens (tertiary/aromatic N) is 3. The van der Waals surface area contributed by atoms with Gasteiger partial charge in [0, 0.05) is 22.2 Å². The van der Waals surface area contributed by atoms with Crippen LogP contribution in [0.5, 0.6) is 0 Å². The molecule has 7 nitrogen and oxygen atoms in total. The second-order valence-corrected chi connectivity index (χ2v) is 10.6. The molecular weight excluding hydrogens is 562 g/mol. The van der Waals surface area contributed by atoms with Crippen molar-refractivity contribution in [3.63, 3.8) is 0 Å². The van der Waals surface area contributed by atoms with Gasteiger partial charge in [-0.3, -0.25) is 4.79 Å². The number of benzene rings is 2. The number of thioether (sulfide) groups is 1. The van der Waals surface area contributed by atoms with Crippen LogP contribution in [0.2, 0.25) is 5.02 Å². The number of furan rings is 1. The van der Waals surface area contributed by atoms with Gasteiger partial charge in [0.2, 0.25) is 11.1 Å². The molecule has 0 saturated carbocycles. The lowest BCUT2D eigenvalue weighted by Crippen LogP contribution is -2.31. The quantitative estimate of drug-likeness (QED) is 0.235. The molecular formula is C26H23BrClN5O2S. The van der Waals surface area contributed by atoms with Crippen molar-refractivity contribution in [1.29, 1.82) is 0 Å². The maximum Gasteiger partial charge on any atom is 0.256 e. The predicted molar refractivity (Wildman–Crippen MR) is 146 cm³/mol. The topological polar surface area (TPSA) is 85.0 Å². The Labute approximate surface area is 226 Å². The molecule has 2 aromatic heterocycles. The summed E-state index contributed by atoms with van der Waals surface area (Å²) in [6, 6.07) is 16.6. The molecule has 3 heterocycles. The Morgan fingerprint density at radius 1 is 1.17 bits per heavy atom. The maximum atomic E-state index is 13.7. The number of amides is 1. The van der Waals surface area contributed by atoms with Gasteiger partial charge >= 0.3 is 0 Å². The number of anilines is 2. The SMILES string of the molecule is CC1=C(C(=O)Nc2cccc(C)c2C)C(c2ccc(Br)o2)n2nc(SCc3ccccc3Cl)nc2N1. The van der Waals surface area contributed by atoms with E-state index in [2.05, 4.69) is 31.5 Å². The summed E-state index contributed by atoms with van der Waals surface area (Å²) in [6.45, 7) is 5.87. The molecule has 4 aromatic rings. The molecule has 36 heavy (non-hydrogen) atoms. The van der Waals surface area contributed by atoms with Gasteiger partial charge in [-0.2, -0.15) is 4.98 Å². The zero-order valence-electron chi connectivity index (χ0n) is 19.8. The number of aromatic nitrogens is 3. The highest BCUT2D eigenvalue weighted by Gasteiger charge is 2.36. The van der Waals surface area contributed by atoms with E-state index in [0.29, 0.717) is 43.6 Å². The fraction of sp³-hybridized carbons (Fsp3) is 0.192. The summed E-state index contributed by atoms with van der Waals surface area (Å²) in [5.74, 6) is 1.49. The molecule has 0 bridgehead atoms. The molecule has 1 amide bonds. The minimum atomic E-state index is -0.597. The van der Waals surface area contributed by atoms with Crippen molar-refractivity contribution in [2.24, 2.45) is 0 Å². The summed E-state index contributed by atoms with van der Waals surface area (Å²) >= 11 is 11.2. The monoisotopic (exact) mass is 583 g/mol. The van der Waals surface area contributed by atoms with Crippen LogP contribution in [0.1, 0.15) is 35.4 Å². The molecule has 10 heteroatoms. The third-order valence-corrected chi connectivity index (χ3v) is 7.79. The van der Waals surface area contributed by atoms with Gasteiger partial charge in [0.1, 0.15) is 11.8 Å². The lowest BCUT2D eigenvalue weighted by atomic mass is 9.99. The van der Waals surface area contributed by atoms with Gasteiger partial charge in [-0.05, 0) is 77.7 Å². The van der Waals surface area contributed by atoms with Crippen LogP contribution in [-0.4, -0.2) is 20.7 Å². The third-order valence-electron chi connectivity index (χ3n) is 6.11. The first-order valence-electron chi connectivity index (χ1n) is 11.2. The number of hydrogen-bond acceptors (Lipinski definition) is 6. The number of rotatable bonds is 6. The number of carbonyl (C=O) groups excluding carboxylic acids is 1. The summed E-state index contributed by atoms with van der Waals surface area (Å²) in [6.07, 6.45) is 0. The normalized spacial score (nSPS) is 15.0. The van der Waals surface area contributed by atoms with Gasteiger partial charge in [-0.15, -0.1) is 5.10 Å². The van der Waals surface area contributed by atoms with E-state index in [1.165, 1.54) is 11.8 Å². The van der Waals surface area contributed by atoms with E-state index in [4.69, 9.17) is 21.1 Å². The molecule has 0 fully saturated rings. The Morgan fingerprint density at radius 3 is 2.72 bits per heavy atom. The average molecular weight is 585 g/mol. The Morgan fingerprint density at radius 2 is 1.97 bits per heavy atom. The molecule has 1 aliphatic heterocycles. The second-order valence-electron chi connectivity index (χ2n) is 8.45. The molecule has 2 aromatic carbocycles. The fourth-order valence-electron chi connectivity index (χ4n) is 4.06. The van der Waals surface area contributed by atoms with Crippen LogP contribution in [0.25, 0.3) is 0 Å². The van der Waals surface area contributed by atoms with Gasteiger partial charge in [0.25, 0.3) is 5.91 Å². The van der Waals surface area contributed by atoms with Gasteiger partial charge in [0.15, 0.2) is 4.67 Å². The van der Waals surface area contributed by atoms with Crippen molar-refractivity contribution in [2.75, 3.05) is 10.6 Å². The number of aryl methyl sites for hydroxylation is 1. The minimum Gasteiger partial charge on any atom is -0.452 e. The highest BCUT2D eigenvalue weighted by molar-refractivity contribution is 9.10. The number of allylic oxidation sites excluding steroid dienone is 1. The van der Waals surface area contributed by atoms with Crippen molar-refractivity contribution in [1.82, 2.24) is 14.8 Å². The van der Waals surface area contributed by atoms with E-state index in [1.54, 1.807) is 10.7 Å². The summed E-state index contributed by atoms with van der Waals surface area (Å²) in [5, 5.41) is 12.3. The molecule has 0 aliphatic carbocycles. The average Bonchev–Trinajstić information content (AvgIpc) is 3.46. The number of halogens is 2. The minimum absolute atomic E-state index is 0.238. The van der Waals surface area contributed by atoms with Crippen molar-refractivity contribution >= 4 is 56.8 Å². The van der Waals surface area contributed by atoms with Crippen LogP contribution in [0.4, 0.5) is 11.6 Å². The zero-order chi connectivity index (χ0) is 25.4. The van der Waals surface area contributed by atoms with Crippen LogP contribution < -0.4 is 10.6 Å². The second kappa shape index (κ2) is 10.2. The fourth-order valence-corrected chi connectivity index (χ4v) is 5.49. The summed E-state index contributed by atoms with van der Waals surface area (Å²) in [5.41, 5.74) is 5.06. The molecule has 0 radical (unpaired) electrons. The molecule has 1 unspecified atom stereocenters. The Balaban J connectivity index is 1.49. The summed E-state index contributed by atoms with van der Waals surface area (Å²) in [4.78, 5) is 18.3. The lowest BCUT2D eigenvalue weighted by Gasteiger charge is -2.27. The highest BCUT2D eigenvalue weighted by Crippen LogP contribution is 2.38. The molecule has 1 aliphatic rings. The molecule has 0 saturated heterocycles. The van der Waals surface area contributed by atoms with Crippen molar-refractivity contribution in [3.05, 3.63) is 98.0 Å². The van der Waals surface area contributed by atoms with E-state index in [-0.39, 0.29) is 5.91 Å². The number of carbonyl (C=O) groups is 1. The standard InChI is InChI=1S/C26H23BrClN5O2S/c1-14-7-6-10-19(15(14)2)30-24(34)22-16(3)29-25-31-26(36-13-17-8-4-5-9-18(17)28)32-33(25)23(22)20-11-12-21(27)35-20/h4-12,23H,13H2,1-3H3,(H,30,34)(H,29,31,32). The summed E-state index contributed by atoms with van der Waals surface area (Å²) in [7, 11) is 0.